The first kappa shape index (κ1) is 15.5. The number of nitrogens with zero attached hydrogens (tertiary/aromatic N) is 2. The molecule has 0 saturated heterocycles. The molecule has 0 radical (unpaired) electrons. The summed E-state index contributed by atoms with van der Waals surface area (Å²) in [6.45, 7) is 4.70. The largest absolute Gasteiger partial charge is 0.369 e. The van der Waals surface area contributed by atoms with Crippen molar-refractivity contribution < 1.29 is 4.79 Å². The van der Waals surface area contributed by atoms with Crippen LogP contribution in [0.1, 0.15) is 42.5 Å². The van der Waals surface area contributed by atoms with Crippen LogP contribution in [0.5, 0.6) is 0 Å². The number of hydrogen-bond acceptors (Lipinski definition) is 4. The SMILES string of the molecule is CCCNc1ncc(Br)cc1C(=O)NC(C)c1ncc[nH]1. The Morgan fingerprint density at radius 2 is 2.29 bits per heavy atom. The van der Waals surface area contributed by atoms with E-state index in [-0.39, 0.29) is 11.9 Å². The molecule has 21 heavy (non-hydrogen) atoms. The molecule has 3 N–H and O–H groups in total. The van der Waals surface area contributed by atoms with Crippen molar-refractivity contribution >= 4 is 27.7 Å². The number of pyridine rings is 1. The van der Waals surface area contributed by atoms with Crippen LogP contribution < -0.4 is 10.6 Å². The zero-order valence-corrected chi connectivity index (χ0v) is 13.6. The van der Waals surface area contributed by atoms with Gasteiger partial charge < -0.3 is 15.6 Å². The maximum absolute atomic E-state index is 12.4. The van der Waals surface area contributed by atoms with Crippen LogP contribution in [0.2, 0.25) is 0 Å². The van der Waals surface area contributed by atoms with E-state index in [0.29, 0.717) is 11.4 Å². The minimum atomic E-state index is -0.203. The van der Waals surface area contributed by atoms with Crippen molar-refractivity contribution in [3.05, 3.63) is 40.5 Å². The van der Waals surface area contributed by atoms with Gasteiger partial charge in [0, 0.05) is 29.6 Å². The minimum Gasteiger partial charge on any atom is -0.369 e. The molecule has 0 aliphatic heterocycles. The smallest absolute Gasteiger partial charge is 0.255 e. The zero-order chi connectivity index (χ0) is 15.2. The molecule has 2 aromatic heterocycles. The Morgan fingerprint density at radius 3 is 2.95 bits per heavy atom. The van der Waals surface area contributed by atoms with Gasteiger partial charge in [-0.3, -0.25) is 4.79 Å². The third-order valence-electron chi connectivity index (χ3n) is 2.92. The van der Waals surface area contributed by atoms with Crippen LogP contribution in [0.15, 0.2) is 29.1 Å². The van der Waals surface area contributed by atoms with Gasteiger partial charge in [-0.15, -0.1) is 0 Å². The van der Waals surface area contributed by atoms with Gasteiger partial charge in [-0.1, -0.05) is 6.92 Å². The maximum Gasteiger partial charge on any atom is 0.255 e. The second kappa shape index (κ2) is 7.21. The van der Waals surface area contributed by atoms with Crippen LogP contribution in [0, 0.1) is 0 Å². The molecular formula is C14H18BrN5O. The van der Waals surface area contributed by atoms with E-state index in [0.717, 1.165) is 23.3 Å². The lowest BCUT2D eigenvalue weighted by atomic mass is 10.2. The molecule has 0 spiro atoms. The highest BCUT2D eigenvalue weighted by Crippen LogP contribution is 2.19. The number of nitrogens with one attached hydrogen (secondary N) is 3. The lowest BCUT2D eigenvalue weighted by molar-refractivity contribution is 0.0939. The molecule has 0 aliphatic carbocycles. The molecular weight excluding hydrogens is 334 g/mol. The first-order chi connectivity index (χ1) is 10.1. The third kappa shape index (κ3) is 4.04. The molecule has 2 rings (SSSR count). The summed E-state index contributed by atoms with van der Waals surface area (Å²) in [5.74, 6) is 1.12. The van der Waals surface area contributed by atoms with Gasteiger partial charge >= 0.3 is 0 Å². The Kier molecular flexibility index (Phi) is 5.32. The molecule has 112 valence electrons. The monoisotopic (exact) mass is 351 g/mol. The van der Waals surface area contributed by atoms with Gasteiger partial charge in [0.1, 0.15) is 11.6 Å². The molecule has 6 nitrogen and oxygen atoms in total. The minimum absolute atomic E-state index is 0.189. The van der Waals surface area contributed by atoms with Gasteiger partial charge in [-0.05, 0) is 35.3 Å². The topological polar surface area (TPSA) is 82.7 Å². The average molecular weight is 352 g/mol. The van der Waals surface area contributed by atoms with Crippen molar-refractivity contribution in [2.45, 2.75) is 26.3 Å². The Balaban J connectivity index is 2.15. The van der Waals surface area contributed by atoms with E-state index in [2.05, 4.69) is 48.4 Å². The van der Waals surface area contributed by atoms with E-state index < -0.39 is 0 Å². The normalized spacial score (nSPS) is 12.0. The van der Waals surface area contributed by atoms with E-state index in [1.54, 1.807) is 24.7 Å². The summed E-state index contributed by atoms with van der Waals surface area (Å²) < 4.78 is 0.764. The number of carbonyl (C=O) groups excluding carboxylic acids is 1. The highest BCUT2D eigenvalue weighted by molar-refractivity contribution is 9.10. The molecule has 0 saturated carbocycles. The lowest BCUT2D eigenvalue weighted by Gasteiger charge is -2.14. The number of anilines is 1. The summed E-state index contributed by atoms with van der Waals surface area (Å²) in [4.78, 5) is 23.8. The molecule has 1 amide bonds. The molecule has 7 heteroatoms. The van der Waals surface area contributed by atoms with E-state index >= 15 is 0 Å². The molecule has 0 aliphatic rings. The molecule has 1 atom stereocenters. The Morgan fingerprint density at radius 1 is 1.48 bits per heavy atom. The van der Waals surface area contributed by atoms with E-state index in [1.165, 1.54) is 0 Å². The van der Waals surface area contributed by atoms with Crippen LogP contribution in [0.4, 0.5) is 5.82 Å². The number of aromatic nitrogens is 3. The Labute approximate surface area is 131 Å². The summed E-state index contributed by atoms with van der Waals surface area (Å²) in [6.07, 6.45) is 6.02. The molecule has 0 fully saturated rings. The van der Waals surface area contributed by atoms with Crippen molar-refractivity contribution in [1.82, 2.24) is 20.3 Å². The van der Waals surface area contributed by atoms with Gasteiger partial charge in [0.15, 0.2) is 0 Å². The fourth-order valence-corrected chi connectivity index (χ4v) is 2.18. The number of imidazole rings is 1. The predicted molar refractivity (Wildman–Crippen MR) is 85.2 cm³/mol. The predicted octanol–water partition coefficient (Wildman–Crippen LogP) is 2.88. The van der Waals surface area contributed by atoms with Gasteiger partial charge in [-0.2, -0.15) is 0 Å². The number of carbonyl (C=O) groups is 1. The van der Waals surface area contributed by atoms with Crippen LogP contribution in [-0.4, -0.2) is 27.4 Å². The number of hydrogen-bond donors (Lipinski definition) is 3. The lowest BCUT2D eigenvalue weighted by Crippen LogP contribution is -2.28. The van der Waals surface area contributed by atoms with Crippen molar-refractivity contribution in [3.8, 4) is 0 Å². The highest BCUT2D eigenvalue weighted by Gasteiger charge is 2.17. The van der Waals surface area contributed by atoms with Gasteiger partial charge in [0.05, 0.1) is 11.6 Å². The Bertz CT molecular complexity index is 599. The molecule has 2 heterocycles. The molecule has 1 unspecified atom stereocenters. The average Bonchev–Trinajstić information content (AvgIpc) is 3.00. The summed E-state index contributed by atoms with van der Waals surface area (Å²) in [5, 5.41) is 6.07. The van der Waals surface area contributed by atoms with Crippen molar-refractivity contribution in [2.75, 3.05) is 11.9 Å². The summed E-state index contributed by atoms with van der Waals surface area (Å²) in [5.41, 5.74) is 0.510. The highest BCUT2D eigenvalue weighted by atomic mass is 79.9. The van der Waals surface area contributed by atoms with Crippen LogP contribution >= 0.6 is 15.9 Å². The first-order valence-corrected chi connectivity index (χ1v) is 7.60. The molecule has 0 bridgehead atoms. The fourth-order valence-electron chi connectivity index (χ4n) is 1.85. The quantitative estimate of drug-likeness (QED) is 0.747. The van der Waals surface area contributed by atoms with Crippen molar-refractivity contribution in [2.24, 2.45) is 0 Å². The second-order valence-corrected chi connectivity index (χ2v) is 5.56. The van der Waals surface area contributed by atoms with Gasteiger partial charge in [0.2, 0.25) is 0 Å². The van der Waals surface area contributed by atoms with Crippen LogP contribution in [0.3, 0.4) is 0 Å². The van der Waals surface area contributed by atoms with Crippen LogP contribution in [-0.2, 0) is 0 Å². The zero-order valence-electron chi connectivity index (χ0n) is 12.0. The maximum atomic E-state index is 12.4. The summed E-state index contributed by atoms with van der Waals surface area (Å²) in [7, 11) is 0. The van der Waals surface area contributed by atoms with Crippen molar-refractivity contribution in [1.29, 1.82) is 0 Å². The Hall–Kier alpha value is -1.89. The van der Waals surface area contributed by atoms with E-state index in [1.807, 2.05) is 6.92 Å². The standard InChI is InChI=1S/C14H18BrN5O/c1-3-4-16-13-11(7-10(15)8-19-13)14(21)20-9(2)12-17-5-6-18-12/h5-9H,3-4H2,1-2H3,(H,16,19)(H,17,18)(H,20,21). The number of amides is 1. The van der Waals surface area contributed by atoms with E-state index in [4.69, 9.17) is 0 Å². The van der Waals surface area contributed by atoms with Crippen molar-refractivity contribution in [3.63, 3.8) is 0 Å². The summed E-state index contributed by atoms with van der Waals surface area (Å²) in [6, 6.07) is 1.56. The van der Waals surface area contributed by atoms with Gasteiger partial charge in [-0.25, -0.2) is 9.97 Å². The first-order valence-electron chi connectivity index (χ1n) is 6.81. The number of rotatable bonds is 6. The third-order valence-corrected chi connectivity index (χ3v) is 3.35. The number of aromatic amines is 1. The fraction of sp³-hybridized carbons (Fsp3) is 0.357. The molecule has 2 aromatic rings. The van der Waals surface area contributed by atoms with Gasteiger partial charge in [0.25, 0.3) is 5.91 Å². The summed E-state index contributed by atoms with van der Waals surface area (Å²) >= 11 is 3.35. The number of H-pyrrole nitrogens is 1. The van der Waals surface area contributed by atoms with Crippen LogP contribution in [0.25, 0.3) is 0 Å². The second-order valence-electron chi connectivity index (χ2n) is 4.65. The van der Waals surface area contributed by atoms with E-state index in [9.17, 15) is 4.79 Å². The molecule has 0 aromatic carbocycles. The number of halogens is 1.